The lowest BCUT2D eigenvalue weighted by molar-refractivity contribution is 0.598. The van der Waals surface area contributed by atoms with Gasteiger partial charge in [0.05, 0.1) is 0 Å². The van der Waals surface area contributed by atoms with E-state index in [1.54, 1.807) is 11.3 Å². The molecule has 3 heterocycles. The minimum Gasteiger partial charge on any atom is -0.317 e. The third kappa shape index (κ3) is 2.70. The molecule has 1 aliphatic rings. The quantitative estimate of drug-likeness (QED) is 0.255. The number of thiophene rings is 2. The summed E-state index contributed by atoms with van der Waals surface area (Å²) in [6, 6.07) is 25.9. The highest BCUT2D eigenvalue weighted by atomic mass is 32.1. The van der Waals surface area contributed by atoms with Crippen molar-refractivity contribution in [3.8, 4) is 32.0 Å². The number of hydrogen-bond donors (Lipinski definition) is 0. The Morgan fingerprint density at radius 1 is 0.667 bits per heavy atom. The van der Waals surface area contributed by atoms with E-state index in [9.17, 15) is 4.57 Å². The van der Waals surface area contributed by atoms with Crippen molar-refractivity contribution in [3.63, 3.8) is 0 Å². The van der Waals surface area contributed by atoms with Gasteiger partial charge < -0.3 is 4.57 Å². The van der Waals surface area contributed by atoms with Gasteiger partial charge in [0.25, 0.3) is 0 Å². The Balaban J connectivity index is 1.61. The summed E-state index contributed by atoms with van der Waals surface area (Å²) >= 11 is 3.60. The molecule has 0 bridgehead atoms. The van der Waals surface area contributed by atoms with Crippen LogP contribution in [0.25, 0.3) is 42.8 Å². The molecule has 3 aromatic carbocycles. The summed E-state index contributed by atoms with van der Waals surface area (Å²) in [4.78, 5) is 5.10. The van der Waals surface area contributed by atoms with Crippen LogP contribution in [0.2, 0.25) is 0 Å². The van der Waals surface area contributed by atoms with Gasteiger partial charge in [-0.05, 0) is 71.8 Å². The van der Waals surface area contributed by atoms with Gasteiger partial charge in [-0.3, -0.25) is 0 Å². The Morgan fingerprint density at radius 2 is 1.37 bits per heavy atom. The fraction of sp³-hybridized carbons (Fsp3) is 0.0769. The van der Waals surface area contributed by atoms with Crippen molar-refractivity contribution in [3.05, 3.63) is 82.6 Å². The van der Waals surface area contributed by atoms with Gasteiger partial charge in [0.2, 0.25) is 0 Å². The van der Waals surface area contributed by atoms with Crippen molar-refractivity contribution >= 4 is 51.9 Å². The Kier molecular flexibility index (Phi) is 4.14. The molecular weight excluding hydrogens is 423 g/mol. The summed E-state index contributed by atoms with van der Waals surface area (Å²) in [5, 5.41) is 4.35. The third-order valence-electron chi connectivity index (χ3n) is 5.87. The van der Waals surface area contributed by atoms with Crippen LogP contribution in [-0.4, -0.2) is 0 Å². The zero-order valence-corrected chi connectivity index (χ0v) is 19.3. The van der Waals surface area contributed by atoms with Gasteiger partial charge in [-0.25, -0.2) is 0 Å². The largest absolute Gasteiger partial charge is 0.317 e. The number of rotatable bonds is 2. The lowest BCUT2D eigenvalue weighted by Gasteiger charge is -2.22. The number of fused-ring (bicyclic) bond motifs is 2. The van der Waals surface area contributed by atoms with E-state index in [1.165, 1.54) is 36.0 Å². The highest BCUT2D eigenvalue weighted by Gasteiger charge is 2.25. The summed E-state index contributed by atoms with van der Waals surface area (Å²) in [6.45, 7) is 4.26. The molecule has 1 unspecified atom stereocenters. The van der Waals surface area contributed by atoms with Gasteiger partial charge in [0.15, 0.2) is 0 Å². The molecule has 1 nitrogen and oxygen atoms in total. The van der Waals surface area contributed by atoms with E-state index in [-0.39, 0.29) is 0 Å². The SMILES string of the molecule is Cc1ccc(-c2ccc3c(c2)[PH](=O)c2cccc4c(-c5ccc(C)s5)ccc-3c24)s1. The topological polar surface area (TPSA) is 17.1 Å². The lowest BCUT2D eigenvalue weighted by atomic mass is 9.93. The summed E-state index contributed by atoms with van der Waals surface area (Å²) in [5.41, 5.74) is 4.71. The molecule has 0 N–H and O–H groups in total. The maximum atomic E-state index is 13.7. The average Bonchev–Trinajstić information content (AvgIpc) is 3.39. The number of aryl methyl sites for hydroxylation is 2. The average molecular weight is 443 g/mol. The van der Waals surface area contributed by atoms with E-state index in [1.807, 2.05) is 11.3 Å². The molecule has 1 aliphatic heterocycles. The van der Waals surface area contributed by atoms with Gasteiger partial charge in [0.1, 0.15) is 7.80 Å². The molecule has 0 spiro atoms. The first-order chi connectivity index (χ1) is 14.6. The molecule has 0 amide bonds. The zero-order chi connectivity index (χ0) is 20.4. The van der Waals surface area contributed by atoms with Crippen LogP contribution in [-0.2, 0) is 4.57 Å². The molecule has 0 radical (unpaired) electrons. The second kappa shape index (κ2) is 6.78. The van der Waals surface area contributed by atoms with Crippen LogP contribution >= 0.6 is 30.5 Å². The molecule has 2 aromatic heterocycles. The van der Waals surface area contributed by atoms with Gasteiger partial charge in [-0.1, -0.05) is 42.5 Å². The first-order valence-corrected chi connectivity index (χ1v) is 13.0. The highest BCUT2D eigenvalue weighted by Crippen LogP contribution is 2.44. The van der Waals surface area contributed by atoms with Gasteiger partial charge in [-0.2, -0.15) is 0 Å². The Morgan fingerprint density at radius 3 is 2.10 bits per heavy atom. The van der Waals surface area contributed by atoms with Crippen LogP contribution in [0.4, 0.5) is 0 Å². The summed E-state index contributed by atoms with van der Waals surface area (Å²) in [5.74, 6) is 0. The van der Waals surface area contributed by atoms with Crippen molar-refractivity contribution in [1.82, 2.24) is 0 Å². The molecule has 30 heavy (non-hydrogen) atoms. The highest BCUT2D eigenvalue weighted by molar-refractivity contribution is 7.62. The van der Waals surface area contributed by atoms with Crippen LogP contribution in [0.15, 0.2) is 72.8 Å². The molecule has 1 atom stereocenters. The van der Waals surface area contributed by atoms with Gasteiger partial charge in [-0.15, -0.1) is 22.7 Å². The Labute approximate surface area is 184 Å². The fourth-order valence-electron chi connectivity index (χ4n) is 4.47. The first-order valence-electron chi connectivity index (χ1n) is 9.98. The van der Waals surface area contributed by atoms with Crippen LogP contribution < -0.4 is 10.6 Å². The fourth-order valence-corrected chi connectivity index (χ4v) is 8.02. The maximum absolute atomic E-state index is 13.7. The monoisotopic (exact) mass is 442 g/mol. The van der Waals surface area contributed by atoms with E-state index in [2.05, 4.69) is 86.6 Å². The zero-order valence-electron chi connectivity index (χ0n) is 16.7. The molecule has 0 saturated heterocycles. The normalized spacial score (nSPS) is 14.8. The summed E-state index contributed by atoms with van der Waals surface area (Å²) in [7, 11) is -2.07. The molecule has 0 saturated carbocycles. The smallest absolute Gasteiger partial charge is 0.133 e. The van der Waals surface area contributed by atoms with Crippen molar-refractivity contribution in [2.24, 2.45) is 0 Å². The van der Waals surface area contributed by atoms with Crippen molar-refractivity contribution in [2.45, 2.75) is 13.8 Å². The van der Waals surface area contributed by atoms with Crippen LogP contribution in [0.5, 0.6) is 0 Å². The second-order valence-electron chi connectivity index (χ2n) is 7.80. The third-order valence-corrected chi connectivity index (χ3v) is 9.76. The van der Waals surface area contributed by atoms with E-state index >= 15 is 0 Å². The number of hydrogen-bond acceptors (Lipinski definition) is 3. The lowest BCUT2D eigenvalue weighted by Crippen LogP contribution is -2.16. The van der Waals surface area contributed by atoms with E-state index in [0.717, 1.165) is 27.1 Å². The summed E-state index contributed by atoms with van der Waals surface area (Å²) < 4.78 is 13.7. The van der Waals surface area contributed by atoms with Crippen LogP contribution in [0.1, 0.15) is 9.75 Å². The van der Waals surface area contributed by atoms with Crippen molar-refractivity contribution in [1.29, 1.82) is 0 Å². The first kappa shape index (κ1) is 18.3. The minimum absolute atomic E-state index is 0.989. The molecule has 0 fully saturated rings. The van der Waals surface area contributed by atoms with Gasteiger partial charge >= 0.3 is 0 Å². The Hall–Kier alpha value is -2.45. The standard InChI is InChI=1S/C26H19OPS2/c1-15-6-12-24(29-15)17-8-9-18-21-11-10-19(25-13-7-16(2)30-25)20-4-3-5-22(26(20)21)28(27)23(18)14-17/h3-14,28H,1-2H3. The van der Waals surface area contributed by atoms with Crippen molar-refractivity contribution < 1.29 is 4.57 Å². The van der Waals surface area contributed by atoms with Gasteiger partial charge in [0, 0.05) is 35.5 Å². The maximum Gasteiger partial charge on any atom is 0.133 e. The number of benzene rings is 3. The predicted molar refractivity (Wildman–Crippen MR) is 134 cm³/mol. The second-order valence-corrected chi connectivity index (χ2v) is 12.1. The molecule has 6 rings (SSSR count). The van der Waals surface area contributed by atoms with Crippen molar-refractivity contribution in [2.75, 3.05) is 0 Å². The molecule has 4 heteroatoms. The van der Waals surface area contributed by atoms with Crippen LogP contribution in [0, 0.1) is 13.8 Å². The predicted octanol–water partition coefficient (Wildman–Crippen LogP) is 7.40. The van der Waals surface area contributed by atoms with E-state index < -0.39 is 7.80 Å². The Bertz CT molecular complexity index is 1490. The molecule has 146 valence electrons. The van der Waals surface area contributed by atoms with E-state index in [4.69, 9.17) is 0 Å². The molecular formula is C26H19OPS2. The summed E-state index contributed by atoms with van der Waals surface area (Å²) in [6.07, 6.45) is 0. The molecule has 0 aliphatic carbocycles. The minimum atomic E-state index is -2.07. The molecule has 5 aromatic rings. The van der Waals surface area contributed by atoms with E-state index in [0.29, 0.717) is 0 Å². The van der Waals surface area contributed by atoms with Crippen LogP contribution in [0.3, 0.4) is 0 Å².